The van der Waals surface area contributed by atoms with E-state index in [2.05, 4.69) is 60.4 Å². The first-order valence-corrected chi connectivity index (χ1v) is 9.42. The number of nitrogens with zero attached hydrogens (tertiary/aromatic N) is 1. The molecule has 1 aliphatic carbocycles. The lowest BCUT2D eigenvalue weighted by Crippen LogP contribution is -2.12. The van der Waals surface area contributed by atoms with Crippen LogP contribution in [0.15, 0.2) is 84.3 Å². The van der Waals surface area contributed by atoms with Crippen molar-refractivity contribution < 1.29 is 4.74 Å². The molecule has 3 aromatic rings. The van der Waals surface area contributed by atoms with E-state index in [1.165, 1.54) is 33.4 Å². The normalized spacial score (nSPS) is 17.4. The number of hydrogen-bond donors (Lipinski definition) is 0. The third kappa shape index (κ3) is 2.97. The molecule has 27 heavy (non-hydrogen) atoms. The molecule has 2 heteroatoms. The fraction of sp³-hybridized carbons (Fsp3) is 0.160. The highest BCUT2D eigenvalue weighted by Crippen LogP contribution is 2.45. The molecular weight excluding hydrogens is 330 g/mol. The lowest BCUT2D eigenvalue weighted by atomic mass is 9.83. The first kappa shape index (κ1) is 16.1. The number of pyridine rings is 1. The molecule has 1 atom stereocenters. The highest BCUT2D eigenvalue weighted by Gasteiger charge is 2.30. The second kappa shape index (κ2) is 6.55. The van der Waals surface area contributed by atoms with Crippen molar-refractivity contribution in [3.63, 3.8) is 0 Å². The number of aryl methyl sites for hydroxylation is 1. The summed E-state index contributed by atoms with van der Waals surface area (Å²) >= 11 is 0. The minimum Gasteiger partial charge on any atom is -0.465 e. The molecule has 0 N–H and O–H groups in total. The smallest absolute Gasteiger partial charge is 0.130 e. The standard InChI is InChI=1S/C25H21NO/c1-17-10-11-26-22(12-17)15-20-13-18-6-2-4-8-23(18)25(20)21-14-19-7-3-5-9-24(19)27-16-21/h2-13,16,25H,14-15H2,1H3. The van der Waals surface area contributed by atoms with Crippen molar-refractivity contribution in [2.75, 3.05) is 0 Å². The van der Waals surface area contributed by atoms with Gasteiger partial charge in [-0.25, -0.2) is 0 Å². The van der Waals surface area contributed by atoms with Gasteiger partial charge in [-0.3, -0.25) is 4.98 Å². The Kier molecular flexibility index (Phi) is 3.90. The van der Waals surface area contributed by atoms with Gasteiger partial charge in [0, 0.05) is 30.7 Å². The van der Waals surface area contributed by atoms with Crippen LogP contribution in [0.2, 0.25) is 0 Å². The maximum absolute atomic E-state index is 5.98. The van der Waals surface area contributed by atoms with E-state index in [4.69, 9.17) is 4.74 Å². The number of aromatic nitrogens is 1. The van der Waals surface area contributed by atoms with Gasteiger partial charge < -0.3 is 4.74 Å². The molecule has 2 aromatic carbocycles. The van der Waals surface area contributed by atoms with E-state index < -0.39 is 0 Å². The van der Waals surface area contributed by atoms with Crippen molar-refractivity contribution in [2.45, 2.75) is 25.7 Å². The van der Waals surface area contributed by atoms with Gasteiger partial charge >= 0.3 is 0 Å². The van der Waals surface area contributed by atoms with Crippen LogP contribution in [0.1, 0.15) is 33.9 Å². The van der Waals surface area contributed by atoms with Gasteiger partial charge in [-0.1, -0.05) is 54.1 Å². The minimum absolute atomic E-state index is 0.261. The maximum Gasteiger partial charge on any atom is 0.130 e. The summed E-state index contributed by atoms with van der Waals surface area (Å²) < 4.78 is 5.98. The lowest BCUT2D eigenvalue weighted by molar-refractivity contribution is 0.451. The molecule has 0 bridgehead atoms. The SMILES string of the molecule is Cc1ccnc(CC2=Cc3ccccc3C2C2=COc3ccccc3C2)c1. The highest BCUT2D eigenvalue weighted by atomic mass is 16.5. The van der Waals surface area contributed by atoms with Crippen LogP contribution >= 0.6 is 0 Å². The lowest BCUT2D eigenvalue weighted by Gasteiger charge is -2.25. The van der Waals surface area contributed by atoms with E-state index in [9.17, 15) is 0 Å². The first-order chi connectivity index (χ1) is 13.3. The van der Waals surface area contributed by atoms with Crippen LogP contribution in [0.4, 0.5) is 0 Å². The maximum atomic E-state index is 5.98. The zero-order valence-electron chi connectivity index (χ0n) is 15.4. The Morgan fingerprint density at radius 2 is 1.89 bits per heavy atom. The quantitative estimate of drug-likeness (QED) is 0.610. The number of para-hydroxylation sites is 1. The topological polar surface area (TPSA) is 22.1 Å². The summed E-state index contributed by atoms with van der Waals surface area (Å²) in [7, 11) is 0. The molecule has 2 heterocycles. The fourth-order valence-electron chi connectivity index (χ4n) is 4.22. The predicted molar refractivity (Wildman–Crippen MR) is 109 cm³/mol. The van der Waals surface area contributed by atoms with E-state index >= 15 is 0 Å². The van der Waals surface area contributed by atoms with E-state index in [1.54, 1.807) is 0 Å². The van der Waals surface area contributed by atoms with Crippen molar-refractivity contribution in [1.29, 1.82) is 0 Å². The van der Waals surface area contributed by atoms with Crippen molar-refractivity contribution in [1.82, 2.24) is 4.98 Å². The second-order valence-electron chi connectivity index (χ2n) is 7.38. The largest absolute Gasteiger partial charge is 0.465 e. The second-order valence-corrected chi connectivity index (χ2v) is 7.38. The molecule has 1 aliphatic heterocycles. The predicted octanol–water partition coefficient (Wildman–Crippen LogP) is 5.63. The molecular formula is C25H21NO. The molecule has 1 unspecified atom stereocenters. The Bertz CT molecular complexity index is 1080. The first-order valence-electron chi connectivity index (χ1n) is 9.42. The van der Waals surface area contributed by atoms with Crippen molar-refractivity contribution in [3.05, 3.63) is 112 Å². The van der Waals surface area contributed by atoms with Gasteiger partial charge in [0.25, 0.3) is 0 Å². The number of rotatable bonds is 3. The zero-order chi connectivity index (χ0) is 18.2. The summed E-state index contributed by atoms with van der Waals surface area (Å²) in [4.78, 5) is 4.59. The number of ether oxygens (including phenoxy) is 1. The molecule has 0 radical (unpaired) electrons. The molecule has 2 aliphatic rings. The summed E-state index contributed by atoms with van der Waals surface area (Å²) in [6.45, 7) is 2.12. The molecule has 0 amide bonds. The van der Waals surface area contributed by atoms with Gasteiger partial charge in [0.05, 0.1) is 6.26 Å². The fourth-order valence-corrected chi connectivity index (χ4v) is 4.22. The monoisotopic (exact) mass is 351 g/mol. The number of benzene rings is 2. The van der Waals surface area contributed by atoms with Gasteiger partial charge in [0.1, 0.15) is 5.75 Å². The molecule has 0 saturated carbocycles. The van der Waals surface area contributed by atoms with Gasteiger partial charge in [-0.05, 0) is 52.9 Å². The Morgan fingerprint density at radius 3 is 2.81 bits per heavy atom. The van der Waals surface area contributed by atoms with Crippen LogP contribution in [0, 0.1) is 6.92 Å². The average molecular weight is 351 g/mol. The van der Waals surface area contributed by atoms with Crippen LogP contribution < -0.4 is 4.74 Å². The van der Waals surface area contributed by atoms with E-state index in [0.29, 0.717) is 0 Å². The highest BCUT2D eigenvalue weighted by molar-refractivity contribution is 5.70. The summed E-state index contributed by atoms with van der Waals surface area (Å²) in [6, 6.07) is 21.2. The van der Waals surface area contributed by atoms with Gasteiger partial charge in [-0.15, -0.1) is 0 Å². The Morgan fingerprint density at radius 1 is 1.04 bits per heavy atom. The van der Waals surface area contributed by atoms with Gasteiger partial charge in [-0.2, -0.15) is 0 Å². The van der Waals surface area contributed by atoms with Crippen LogP contribution in [0.25, 0.3) is 6.08 Å². The Hall–Kier alpha value is -3.13. The summed E-state index contributed by atoms with van der Waals surface area (Å²) in [5.41, 5.74) is 9.02. The van der Waals surface area contributed by atoms with E-state index in [-0.39, 0.29) is 5.92 Å². The van der Waals surface area contributed by atoms with Crippen molar-refractivity contribution >= 4 is 6.08 Å². The Labute approximate surface area is 159 Å². The molecule has 1 aromatic heterocycles. The summed E-state index contributed by atoms with van der Waals surface area (Å²) in [5.74, 6) is 1.23. The summed E-state index contributed by atoms with van der Waals surface area (Å²) in [5, 5.41) is 0. The van der Waals surface area contributed by atoms with E-state index in [1.807, 2.05) is 30.7 Å². The van der Waals surface area contributed by atoms with Crippen LogP contribution in [-0.2, 0) is 12.8 Å². The third-order valence-electron chi connectivity index (χ3n) is 5.45. The van der Waals surface area contributed by atoms with Gasteiger partial charge in [0.15, 0.2) is 0 Å². The number of hydrogen-bond acceptors (Lipinski definition) is 2. The summed E-state index contributed by atoms with van der Waals surface area (Å²) in [6.07, 6.45) is 7.99. The third-order valence-corrected chi connectivity index (χ3v) is 5.45. The molecule has 132 valence electrons. The number of allylic oxidation sites excluding steroid dienone is 2. The van der Waals surface area contributed by atoms with Crippen molar-refractivity contribution in [2.24, 2.45) is 0 Å². The van der Waals surface area contributed by atoms with Crippen LogP contribution in [-0.4, -0.2) is 4.98 Å². The number of fused-ring (bicyclic) bond motifs is 2. The minimum atomic E-state index is 0.261. The zero-order valence-corrected chi connectivity index (χ0v) is 15.4. The molecule has 0 fully saturated rings. The van der Waals surface area contributed by atoms with Crippen LogP contribution in [0.5, 0.6) is 5.75 Å². The Balaban J connectivity index is 1.52. The van der Waals surface area contributed by atoms with Crippen LogP contribution in [0.3, 0.4) is 0 Å². The molecule has 5 rings (SSSR count). The van der Waals surface area contributed by atoms with Crippen molar-refractivity contribution in [3.8, 4) is 5.75 Å². The molecule has 2 nitrogen and oxygen atoms in total. The van der Waals surface area contributed by atoms with E-state index in [0.717, 1.165) is 24.3 Å². The average Bonchev–Trinajstić information content (AvgIpc) is 3.05. The molecule has 0 spiro atoms. The van der Waals surface area contributed by atoms with Gasteiger partial charge in [0.2, 0.25) is 0 Å². The molecule has 0 saturated heterocycles.